The Kier molecular flexibility index (Phi) is 2.72. The second-order valence-electron chi connectivity index (χ2n) is 3.48. The van der Waals surface area contributed by atoms with Crippen LogP contribution in [-0.4, -0.2) is 17.1 Å². The monoisotopic (exact) mass is 216 g/mol. The number of aryl methyl sites for hydroxylation is 1. The van der Waals surface area contributed by atoms with E-state index in [1.54, 1.807) is 13.3 Å². The highest BCUT2D eigenvalue weighted by Crippen LogP contribution is 2.23. The number of benzene rings is 1. The second kappa shape index (κ2) is 4.18. The van der Waals surface area contributed by atoms with Crippen LogP contribution in [-0.2, 0) is 0 Å². The van der Waals surface area contributed by atoms with E-state index in [-0.39, 0.29) is 5.56 Å². The van der Waals surface area contributed by atoms with Crippen molar-refractivity contribution in [3.63, 3.8) is 0 Å². The van der Waals surface area contributed by atoms with Gasteiger partial charge in [-0.05, 0) is 30.2 Å². The lowest BCUT2D eigenvalue weighted by Crippen LogP contribution is -2.08. The molecule has 82 valence electrons. The maximum atomic E-state index is 11.6. The van der Waals surface area contributed by atoms with Crippen molar-refractivity contribution in [1.29, 1.82) is 0 Å². The van der Waals surface area contributed by atoms with Crippen molar-refractivity contribution in [2.75, 3.05) is 7.11 Å². The molecule has 2 rings (SSSR count). The molecule has 0 aliphatic heterocycles. The number of nitrogens with one attached hydrogen (secondary N) is 1. The maximum Gasteiger partial charge on any atom is 0.258 e. The number of aromatic amines is 1. The number of nitrogens with zero attached hydrogens (tertiary/aromatic N) is 1. The van der Waals surface area contributed by atoms with Gasteiger partial charge >= 0.3 is 0 Å². The van der Waals surface area contributed by atoms with Crippen molar-refractivity contribution in [3.8, 4) is 16.9 Å². The maximum absolute atomic E-state index is 11.6. The van der Waals surface area contributed by atoms with E-state index in [2.05, 4.69) is 9.97 Å². The van der Waals surface area contributed by atoms with E-state index >= 15 is 0 Å². The summed E-state index contributed by atoms with van der Waals surface area (Å²) in [6.45, 7) is 1.94. The average Bonchev–Trinajstić information content (AvgIpc) is 2.29. The molecule has 0 unspecified atom stereocenters. The number of ether oxygens (including phenoxy) is 1. The molecule has 0 aliphatic rings. The molecule has 0 amide bonds. The molecule has 4 nitrogen and oxygen atoms in total. The standard InChI is InChI=1S/C12H12N2O2/c1-8-5-9(3-4-11(8)16-2)10-6-13-7-14-12(10)15/h3-7H,1-2H3,(H,13,14,15). The van der Waals surface area contributed by atoms with Gasteiger partial charge in [0.15, 0.2) is 0 Å². The summed E-state index contributed by atoms with van der Waals surface area (Å²) in [5.41, 5.74) is 2.25. The molecule has 0 spiro atoms. The molecule has 1 N–H and O–H groups in total. The number of hydrogen-bond donors (Lipinski definition) is 1. The lowest BCUT2D eigenvalue weighted by Gasteiger charge is -2.06. The fourth-order valence-electron chi connectivity index (χ4n) is 1.60. The minimum Gasteiger partial charge on any atom is -0.496 e. The summed E-state index contributed by atoms with van der Waals surface area (Å²) >= 11 is 0. The van der Waals surface area contributed by atoms with Gasteiger partial charge in [-0.3, -0.25) is 4.79 Å². The predicted octanol–water partition coefficient (Wildman–Crippen LogP) is 1.75. The summed E-state index contributed by atoms with van der Waals surface area (Å²) in [4.78, 5) is 18.0. The molecule has 1 aromatic heterocycles. The third-order valence-electron chi connectivity index (χ3n) is 2.42. The first-order valence-corrected chi connectivity index (χ1v) is 4.90. The zero-order valence-corrected chi connectivity index (χ0v) is 9.15. The fourth-order valence-corrected chi connectivity index (χ4v) is 1.60. The van der Waals surface area contributed by atoms with Gasteiger partial charge in [-0.15, -0.1) is 0 Å². The van der Waals surface area contributed by atoms with E-state index in [0.29, 0.717) is 5.56 Å². The van der Waals surface area contributed by atoms with Gasteiger partial charge in [0.25, 0.3) is 5.56 Å². The Morgan fingerprint density at radius 1 is 1.38 bits per heavy atom. The number of aromatic nitrogens is 2. The van der Waals surface area contributed by atoms with Gasteiger partial charge in [0.05, 0.1) is 19.0 Å². The quantitative estimate of drug-likeness (QED) is 0.832. The van der Waals surface area contributed by atoms with Gasteiger partial charge in [-0.25, -0.2) is 4.98 Å². The van der Waals surface area contributed by atoms with E-state index in [0.717, 1.165) is 16.9 Å². The van der Waals surface area contributed by atoms with Crippen molar-refractivity contribution in [2.45, 2.75) is 6.92 Å². The first-order valence-electron chi connectivity index (χ1n) is 4.90. The molecule has 1 aromatic carbocycles. The molecule has 4 heteroatoms. The molecule has 0 radical (unpaired) electrons. The van der Waals surface area contributed by atoms with E-state index in [9.17, 15) is 4.79 Å². The molecule has 0 saturated heterocycles. The smallest absolute Gasteiger partial charge is 0.258 e. The van der Waals surface area contributed by atoms with Crippen LogP contribution in [0.3, 0.4) is 0 Å². The van der Waals surface area contributed by atoms with Gasteiger partial charge in [-0.1, -0.05) is 6.07 Å². The molecule has 1 heterocycles. The number of rotatable bonds is 2. The van der Waals surface area contributed by atoms with Gasteiger partial charge in [-0.2, -0.15) is 0 Å². The average molecular weight is 216 g/mol. The van der Waals surface area contributed by atoms with Crippen LogP contribution in [0.25, 0.3) is 11.1 Å². The molecule has 0 aliphatic carbocycles. The minimum atomic E-state index is -0.139. The summed E-state index contributed by atoms with van der Waals surface area (Å²) in [5.74, 6) is 0.809. The molecular formula is C12H12N2O2. The molecule has 0 atom stereocenters. The highest BCUT2D eigenvalue weighted by molar-refractivity contribution is 5.63. The zero-order valence-electron chi connectivity index (χ0n) is 9.15. The Morgan fingerprint density at radius 3 is 2.81 bits per heavy atom. The van der Waals surface area contributed by atoms with Crippen LogP contribution in [0.2, 0.25) is 0 Å². The second-order valence-corrected chi connectivity index (χ2v) is 3.48. The van der Waals surface area contributed by atoms with Crippen LogP contribution >= 0.6 is 0 Å². The SMILES string of the molecule is COc1ccc(-c2cnc[nH]c2=O)cc1C. The largest absolute Gasteiger partial charge is 0.496 e. The third kappa shape index (κ3) is 1.82. The Labute approximate surface area is 92.9 Å². The van der Waals surface area contributed by atoms with Crippen LogP contribution in [0.15, 0.2) is 35.5 Å². The predicted molar refractivity (Wildman–Crippen MR) is 61.6 cm³/mol. The zero-order chi connectivity index (χ0) is 11.5. The molecule has 0 fully saturated rings. The number of H-pyrrole nitrogens is 1. The Bertz CT molecular complexity index is 561. The first kappa shape index (κ1) is 10.4. The Morgan fingerprint density at radius 2 is 2.19 bits per heavy atom. The van der Waals surface area contributed by atoms with E-state index in [1.165, 1.54) is 6.33 Å². The highest BCUT2D eigenvalue weighted by Gasteiger charge is 2.05. The van der Waals surface area contributed by atoms with Crippen LogP contribution in [0.5, 0.6) is 5.75 Å². The van der Waals surface area contributed by atoms with Gasteiger partial charge in [0, 0.05) is 6.20 Å². The van der Waals surface area contributed by atoms with Crippen molar-refractivity contribution in [1.82, 2.24) is 9.97 Å². The molecular weight excluding hydrogens is 204 g/mol. The summed E-state index contributed by atoms with van der Waals surface area (Å²) in [5, 5.41) is 0. The summed E-state index contributed by atoms with van der Waals surface area (Å²) in [6.07, 6.45) is 2.93. The van der Waals surface area contributed by atoms with Gasteiger partial charge in [0.2, 0.25) is 0 Å². The Balaban J connectivity index is 2.54. The number of hydrogen-bond acceptors (Lipinski definition) is 3. The summed E-state index contributed by atoms with van der Waals surface area (Å²) in [7, 11) is 1.62. The van der Waals surface area contributed by atoms with Crippen molar-refractivity contribution >= 4 is 0 Å². The third-order valence-corrected chi connectivity index (χ3v) is 2.42. The summed E-state index contributed by atoms with van der Waals surface area (Å²) in [6, 6.07) is 5.60. The minimum absolute atomic E-state index is 0.139. The normalized spacial score (nSPS) is 10.1. The molecule has 0 saturated carbocycles. The lowest BCUT2D eigenvalue weighted by molar-refractivity contribution is 0.412. The van der Waals surface area contributed by atoms with E-state index < -0.39 is 0 Å². The van der Waals surface area contributed by atoms with Crippen molar-refractivity contribution in [2.24, 2.45) is 0 Å². The molecule has 16 heavy (non-hydrogen) atoms. The number of methoxy groups -OCH3 is 1. The lowest BCUT2D eigenvalue weighted by atomic mass is 10.1. The molecule has 0 bridgehead atoms. The van der Waals surface area contributed by atoms with Gasteiger partial charge in [0.1, 0.15) is 5.75 Å². The van der Waals surface area contributed by atoms with E-state index in [1.807, 2.05) is 25.1 Å². The Hall–Kier alpha value is -2.10. The topological polar surface area (TPSA) is 55.0 Å². The first-order chi connectivity index (χ1) is 7.72. The van der Waals surface area contributed by atoms with Crippen LogP contribution < -0.4 is 10.3 Å². The summed E-state index contributed by atoms with van der Waals surface area (Å²) < 4.78 is 5.16. The van der Waals surface area contributed by atoms with Crippen LogP contribution in [0, 0.1) is 6.92 Å². The van der Waals surface area contributed by atoms with Gasteiger partial charge < -0.3 is 9.72 Å². The van der Waals surface area contributed by atoms with Crippen molar-refractivity contribution < 1.29 is 4.74 Å². The van der Waals surface area contributed by atoms with Crippen molar-refractivity contribution in [3.05, 3.63) is 46.6 Å². The highest BCUT2D eigenvalue weighted by atomic mass is 16.5. The van der Waals surface area contributed by atoms with Crippen LogP contribution in [0.4, 0.5) is 0 Å². The van der Waals surface area contributed by atoms with Crippen LogP contribution in [0.1, 0.15) is 5.56 Å². The molecule has 2 aromatic rings. The van der Waals surface area contributed by atoms with E-state index in [4.69, 9.17) is 4.74 Å². The fraction of sp³-hybridized carbons (Fsp3) is 0.167.